The largest absolute Gasteiger partial charge is 0.363 e. The molecule has 0 aliphatic carbocycles. The molecule has 2 heterocycles. The third-order valence-electron chi connectivity index (χ3n) is 2.38. The van der Waals surface area contributed by atoms with E-state index in [0.717, 1.165) is 32.1 Å². The van der Waals surface area contributed by atoms with Crippen molar-refractivity contribution < 1.29 is 0 Å². The number of imidazole rings is 1. The fourth-order valence-electron chi connectivity index (χ4n) is 1.54. The Balaban J connectivity index is 1.72. The van der Waals surface area contributed by atoms with Crippen molar-refractivity contribution in [3.8, 4) is 0 Å². The van der Waals surface area contributed by atoms with E-state index >= 15 is 0 Å². The van der Waals surface area contributed by atoms with Gasteiger partial charge in [0.05, 0.1) is 16.8 Å². The minimum absolute atomic E-state index is 0.777. The number of H-pyrrole nitrogens is 1. The number of nitrogens with zero attached hydrogens (tertiary/aromatic N) is 3. The number of hydrogen-bond donors (Lipinski definition) is 2. The maximum Gasteiger partial charge on any atom is 0.205 e. The van der Waals surface area contributed by atoms with Crippen molar-refractivity contribution >= 4 is 39.3 Å². The summed E-state index contributed by atoms with van der Waals surface area (Å²) in [6.45, 7) is 0. The zero-order valence-electron chi connectivity index (χ0n) is 9.67. The molecule has 2 aromatic heterocycles. The summed E-state index contributed by atoms with van der Waals surface area (Å²) in [6.07, 6.45) is 0. The molecule has 0 amide bonds. The van der Waals surface area contributed by atoms with Crippen LogP contribution in [0.5, 0.6) is 0 Å². The number of fused-ring (bicyclic) bond motifs is 1. The number of para-hydroxylation sites is 2. The van der Waals surface area contributed by atoms with E-state index in [0.29, 0.717) is 0 Å². The molecule has 18 heavy (non-hydrogen) atoms. The van der Waals surface area contributed by atoms with Crippen molar-refractivity contribution in [1.29, 1.82) is 0 Å². The van der Waals surface area contributed by atoms with Gasteiger partial charge in [0.15, 0.2) is 5.16 Å². The summed E-state index contributed by atoms with van der Waals surface area (Å²) in [6, 6.07) is 8.01. The van der Waals surface area contributed by atoms with Gasteiger partial charge in [-0.25, -0.2) is 4.98 Å². The lowest BCUT2D eigenvalue weighted by Gasteiger charge is -1.91. The molecule has 0 atom stereocenters. The first-order valence-electron chi connectivity index (χ1n) is 5.43. The van der Waals surface area contributed by atoms with Gasteiger partial charge in [-0.15, -0.1) is 10.2 Å². The van der Waals surface area contributed by atoms with E-state index in [-0.39, 0.29) is 0 Å². The Kier molecular flexibility index (Phi) is 3.16. The minimum atomic E-state index is 0.777. The van der Waals surface area contributed by atoms with Gasteiger partial charge in [0.2, 0.25) is 5.13 Å². The minimum Gasteiger partial charge on any atom is -0.363 e. The molecule has 5 nitrogen and oxygen atoms in total. The fourth-order valence-corrected chi connectivity index (χ4v) is 3.10. The van der Waals surface area contributed by atoms with Crippen LogP contribution < -0.4 is 5.32 Å². The molecule has 3 rings (SSSR count). The van der Waals surface area contributed by atoms with Crippen LogP contribution >= 0.6 is 23.1 Å². The van der Waals surface area contributed by atoms with E-state index < -0.39 is 0 Å². The monoisotopic (exact) mass is 277 g/mol. The Bertz CT molecular complexity index is 627. The molecule has 0 radical (unpaired) electrons. The maximum atomic E-state index is 4.50. The average molecular weight is 277 g/mol. The van der Waals surface area contributed by atoms with Crippen LogP contribution in [0.25, 0.3) is 11.0 Å². The molecule has 92 valence electrons. The quantitative estimate of drug-likeness (QED) is 0.718. The van der Waals surface area contributed by atoms with E-state index in [1.165, 1.54) is 0 Å². The first-order chi connectivity index (χ1) is 8.85. The average Bonchev–Trinajstić information content (AvgIpc) is 3.02. The number of anilines is 1. The van der Waals surface area contributed by atoms with Gasteiger partial charge in [-0.2, -0.15) is 0 Å². The predicted molar refractivity (Wildman–Crippen MR) is 75.1 cm³/mol. The van der Waals surface area contributed by atoms with Crippen molar-refractivity contribution in [3.63, 3.8) is 0 Å². The topological polar surface area (TPSA) is 66.5 Å². The zero-order valence-corrected chi connectivity index (χ0v) is 11.3. The third kappa shape index (κ3) is 2.32. The number of benzene rings is 1. The van der Waals surface area contributed by atoms with E-state index in [9.17, 15) is 0 Å². The highest BCUT2D eigenvalue weighted by molar-refractivity contribution is 7.98. The Morgan fingerprint density at radius 3 is 3.00 bits per heavy atom. The lowest BCUT2D eigenvalue weighted by molar-refractivity contribution is 1.03. The first kappa shape index (κ1) is 11.5. The van der Waals surface area contributed by atoms with Crippen LogP contribution in [0, 0.1) is 0 Å². The second kappa shape index (κ2) is 4.95. The molecule has 7 heteroatoms. The molecule has 0 aliphatic heterocycles. The molecule has 0 bridgehead atoms. The van der Waals surface area contributed by atoms with Gasteiger partial charge in [-0.05, 0) is 12.1 Å². The fraction of sp³-hybridized carbons (Fsp3) is 0.182. The van der Waals surface area contributed by atoms with Crippen LogP contribution in [0.4, 0.5) is 5.13 Å². The Morgan fingerprint density at radius 2 is 2.22 bits per heavy atom. The smallest absolute Gasteiger partial charge is 0.205 e. The van der Waals surface area contributed by atoms with E-state index in [2.05, 4.69) is 25.5 Å². The Labute approximate surface area is 112 Å². The summed E-state index contributed by atoms with van der Waals surface area (Å²) < 4.78 is 0. The SMILES string of the molecule is CNc1nnc(CSc2nc3ccccc3[nH]2)s1. The number of nitrogens with one attached hydrogen (secondary N) is 2. The van der Waals surface area contributed by atoms with Crippen molar-refractivity contribution in [2.75, 3.05) is 12.4 Å². The van der Waals surface area contributed by atoms with Crippen molar-refractivity contribution in [3.05, 3.63) is 29.3 Å². The number of thioether (sulfide) groups is 1. The molecule has 3 aromatic rings. The summed E-state index contributed by atoms with van der Waals surface area (Å²) in [5, 5.41) is 13.8. The molecule has 0 unspecified atom stereocenters. The van der Waals surface area contributed by atoms with Gasteiger partial charge in [0.1, 0.15) is 5.01 Å². The predicted octanol–water partition coefficient (Wildman–Crippen LogP) is 2.75. The molecule has 0 saturated carbocycles. The summed E-state index contributed by atoms with van der Waals surface area (Å²) in [7, 11) is 1.84. The van der Waals surface area contributed by atoms with Crippen LogP contribution in [0.15, 0.2) is 29.4 Å². The highest BCUT2D eigenvalue weighted by Crippen LogP contribution is 2.25. The van der Waals surface area contributed by atoms with Crippen LogP contribution in [0.2, 0.25) is 0 Å². The van der Waals surface area contributed by atoms with Gasteiger partial charge >= 0.3 is 0 Å². The highest BCUT2D eigenvalue weighted by Gasteiger charge is 2.06. The van der Waals surface area contributed by atoms with Crippen LogP contribution in [0.3, 0.4) is 0 Å². The first-order valence-corrected chi connectivity index (χ1v) is 7.23. The lowest BCUT2D eigenvalue weighted by atomic mass is 10.3. The lowest BCUT2D eigenvalue weighted by Crippen LogP contribution is -1.84. The maximum absolute atomic E-state index is 4.50. The summed E-state index contributed by atoms with van der Waals surface area (Å²) in [4.78, 5) is 7.78. The third-order valence-corrected chi connectivity index (χ3v) is 4.39. The van der Waals surface area contributed by atoms with Crippen molar-refractivity contribution in [1.82, 2.24) is 20.2 Å². The van der Waals surface area contributed by atoms with Gasteiger partial charge in [0.25, 0.3) is 0 Å². The summed E-state index contributed by atoms with van der Waals surface area (Å²) >= 11 is 3.20. The number of aromatic nitrogens is 4. The van der Waals surface area contributed by atoms with Gasteiger partial charge in [-0.3, -0.25) is 0 Å². The van der Waals surface area contributed by atoms with Crippen LogP contribution in [-0.2, 0) is 5.75 Å². The zero-order chi connectivity index (χ0) is 12.4. The summed E-state index contributed by atoms with van der Waals surface area (Å²) in [5.74, 6) is 0.777. The van der Waals surface area contributed by atoms with Crippen LogP contribution in [-0.4, -0.2) is 27.2 Å². The van der Waals surface area contributed by atoms with E-state index in [4.69, 9.17) is 0 Å². The van der Waals surface area contributed by atoms with E-state index in [1.54, 1.807) is 23.1 Å². The molecular formula is C11H11N5S2. The summed E-state index contributed by atoms with van der Waals surface area (Å²) in [5.41, 5.74) is 2.06. The number of rotatable bonds is 4. The van der Waals surface area contributed by atoms with Crippen molar-refractivity contribution in [2.24, 2.45) is 0 Å². The van der Waals surface area contributed by atoms with Crippen molar-refractivity contribution in [2.45, 2.75) is 10.9 Å². The second-order valence-electron chi connectivity index (χ2n) is 3.60. The molecule has 0 fully saturated rings. The number of hydrogen-bond acceptors (Lipinski definition) is 6. The second-order valence-corrected chi connectivity index (χ2v) is 5.62. The Hall–Kier alpha value is -1.60. The van der Waals surface area contributed by atoms with Gasteiger partial charge in [-0.1, -0.05) is 35.2 Å². The molecule has 2 N–H and O–H groups in total. The molecule has 0 spiro atoms. The molecule has 1 aromatic carbocycles. The van der Waals surface area contributed by atoms with Crippen LogP contribution in [0.1, 0.15) is 5.01 Å². The Morgan fingerprint density at radius 1 is 1.33 bits per heavy atom. The standard InChI is InChI=1S/C11H11N5S2/c1-12-10-16-15-9(18-10)6-17-11-13-7-4-2-3-5-8(7)14-11/h2-5H,6H2,1H3,(H,12,16)(H,13,14). The van der Waals surface area contributed by atoms with E-state index in [1.807, 2.05) is 31.3 Å². The van der Waals surface area contributed by atoms with Gasteiger partial charge < -0.3 is 10.3 Å². The van der Waals surface area contributed by atoms with Gasteiger partial charge in [0, 0.05) is 7.05 Å². The molecule has 0 aliphatic rings. The molecule has 0 saturated heterocycles. The highest BCUT2D eigenvalue weighted by atomic mass is 32.2. The number of aromatic amines is 1. The normalized spacial score (nSPS) is 10.9. The molecular weight excluding hydrogens is 266 g/mol.